The smallest absolute Gasteiger partial charge is 0.323 e. The minimum atomic E-state index is -3.65. The number of aromatic nitrogens is 1. The second-order valence-electron chi connectivity index (χ2n) is 4.39. The molecular weight excluding hydrogens is 298 g/mol. The van der Waals surface area contributed by atoms with Gasteiger partial charge in [0.1, 0.15) is 17.1 Å². The molecular formula is C12H19N3O5S. The van der Waals surface area contributed by atoms with Crippen molar-refractivity contribution < 1.29 is 23.1 Å². The fraction of sp³-hybridized carbons (Fsp3) is 0.500. The van der Waals surface area contributed by atoms with Crippen LogP contribution in [0.4, 0.5) is 0 Å². The van der Waals surface area contributed by atoms with Crippen molar-refractivity contribution in [2.75, 3.05) is 26.7 Å². The van der Waals surface area contributed by atoms with Gasteiger partial charge in [0.15, 0.2) is 0 Å². The van der Waals surface area contributed by atoms with E-state index in [1.54, 1.807) is 13.8 Å². The molecule has 1 heterocycles. The summed E-state index contributed by atoms with van der Waals surface area (Å²) in [5.41, 5.74) is 0.0319. The number of amides is 1. The maximum absolute atomic E-state index is 12.3. The zero-order valence-electron chi connectivity index (χ0n) is 12.2. The molecule has 8 nitrogen and oxygen atoms in total. The molecule has 0 unspecified atom stereocenters. The number of aliphatic carboxylic acids is 1. The van der Waals surface area contributed by atoms with Crippen molar-refractivity contribution in [2.45, 2.75) is 18.7 Å². The Morgan fingerprint density at radius 1 is 1.29 bits per heavy atom. The van der Waals surface area contributed by atoms with Gasteiger partial charge in [0.2, 0.25) is 10.0 Å². The van der Waals surface area contributed by atoms with Crippen LogP contribution < -0.4 is 0 Å². The van der Waals surface area contributed by atoms with E-state index in [4.69, 9.17) is 5.11 Å². The first-order valence-corrected chi connectivity index (χ1v) is 7.83. The Hall–Kier alpha value is -1.87. The van der Waals surface area contributed by atoms with Crippen molar-refractivity contribution >= 4 is 21.9 Å². The molecule has 9 heteroatoms. The summed E-state index contributed by atoms with van der Waals surface area (Å²) in [5.74, 6) is -1.73. The van der Waals surface area contributed by atoms with Gasteiger partial charge in [0, 0.05) is 26.3 Å². The topological polar surface area (TPSA) is 111 Å². The largest absolute Gasteiger partial charge is 0.480 e. The highest BCUT2D eigenvalue weighted by Crippen LogP contribution is 2.17. The molecule has 0 aliphatic carbocycles. The molecule has 0 atom stereocenters. The summed E-state index contributed by atoms with van der Waals surface area (Å²) in [7, 11) is -2.32. The Labute approximate surface area is 123 Å². The SMILES string of the molecule is CCN(CC)S(=O)(=O)c1c[nH]c(C(=O)N(C)CC(=O)O)c1. The highest BCUT2D eigenvalue weighted by atomic mass is 32.2. The van der Waals surface area contributed by atoms with Crippen molar-refractivity contribution in [3.8, 4) is 0 Å². The number of nitrogens with one attached hydrogen (secondary N) is 1. The number of sulfonamides is 1. The van der Waals surface area contributed by atoms with Gasteiger partial charge in [-0.05, 0) is 6.07 Å². The fourth-order valence-corrected chi connectivity index (χ4v) is 3.29. The van der Waals surface area contributed by atoms with E-state index in [9.17, 15) is 18.0 Å². The summed E-state index contributed by atoms with van der Waals surface area (Å²) in [4.78, 5) is 26.1. The number of carbonyl (C=O) groups is 2. The number of hydrogen-bond donors (Lipinski definition) is 2. The van der Waals surface area contributed by atoms with E-state index in [0.717, 1.165) is 4.90 Å². The number of carboxylic acid groups (broad SMARTS) is 1. The van der Waals surface area contributed by atoms with Gasteiger partial charge in [-0.2, -0.15) is 4.31 Å². The average molecular weight is 317 g/mol. The molecule has 1 aromatic rings. The normalized spacial score (nSPS) is 11.6. The van der Waals surface area contributed by atoms with E-state index in [1.807, 2.05) is 0 Å². The van der Waals surface area contributed by atoms with Gasteiger partial charge in [0.05, 0.1) is 0 Å². The van der Waals surface area contributed by atoms with E-state index in [2.05, 4.69) is 4.98 Å². The number of likely N-dealkylation sites (N-methyl/N-ethyl adjacent to an activating group) is 1. The Balaban J connectivity index is 3.01. The van der Waals surface area contributed by atoms with Crippen molar-refractivity contribution in [1.29, 1.82) is 0 Å². The van der Waals surface area contributed by atoms with Crippen LogP contribution in [-0.2, 0) is 14.8 Å². The lowest BCUT2D eigenvalue weighted by Gasteiger charge is -2.17. The minimum Gasteiger partial charge on any atom is -0.480 e. The molecule has 0 saturated heterocycles. The van der Waals surface area contributed by atoms with Crippen molar-refractivity contribution in [3.05, 3.63) is 18.0 Å². The van der Waals surface area contributed by atoms with Gasteiger partial charge < -0.3 is 15.0 Å². The van der Waals surface area contributed by atoms with Gasteiger partial charge >= 0.3 is 5.97 Å². The van der Waals surface area contributed by atoms with Gasteiger partial charge in [-0.25, -0.2) is 8.42 Å². The molecule has 0 aliphatic rings. The molecule has 1 aromatic heterocycles. The van der Waals surface area contributed by atoms with Crippen LogP contribution in [0, 0.1) is 0 Å². The molecule has 0 fully saturated rings. The Morgan fingerprint density at radius 2 is 1.86 bits per heavy atom. The first-order valence-electron chi connectivity index (χ1n) is 6.39. The first-order chi connectivity index (χ1) is 9.73. The Bertz CT molecular complexity index is 619. The number of rotatable bonds is 7. The molecule has 0 bridgehead atoms. The third-order valence-electron chi connectivity index (χ3n) is 2.95. The van der Waals surface area contributed by atoms with E-state index < -0.39 is 28.4 Å². The number of aromatic amines is 1. The molecule has 0 aliphatic heterocycles. The molecule has 0 radical (unpaired) electrons. The summed E-state index contributed by atoms with van der Waals surface area (Å²) in [6, 6.07) is 1.22. The monoisotopic (exact) mass is 317 g/mol. The molecule has 2 N–H and O–H groups in total. The van der Waals surface area contributed by atoms with Crippen LogP contribution in [0.1, 0.15) is 24.3 Å². The molecule has 21 heavy (non-hydrogen) atoms. The molecule has 0 spiro atoms. The Kier molecular flexibility index (Phi) is 5.50. The van der Waals surface area contributed by atoms with Gasteiger partial charge in [-0.15, -0.1) is 0 Å². The molecule has 1 rings (SSSR count). The maximum Gasteiger partial charge on any atom is 0.323 e. The lowest BCUT2D eigenvalue weighted by atomic mass is 10.4. The van der Waals surface area contributed by atoms with Crippen molar-refractivity contribution in [2.24, 2.45) is 0 Å². The summed E-state index contributed by atoms with van der Waals surface area (Å²) in [6.45, 7) is 3.63. The molecule has 0 saturated carbocycles. The Morgan fingerprint density at radius 3 is 2.33 bits per heavy atom. The van der Waals surface area contributed by atoms with Crippen molar-refractivity contribution in [3.63, 3.8) is 0 Å². The second kappa shape index (κ2) is 6.72. The summed E-state index contributed by atoms with van der Waals surface area (Å²) < 4.78 is 25.8. The van der Waals surface area contributed by atoms with E-state index in [-0.39, 0.29) is 10.6 Å². The lowest BCUT2D eigenvalue weighted by molar-refractivity contribution is -0.137. The fourth-order valence-electron chi connectivity index (χ4n) is 1.84. The highest BCUT2D eigenvalue weighted by molar-refractivity contribution is 7.89. The number of hydrogen-bond acceptors (Lipinski definition) is 4. The number of nitrogens with zero attached hydrogens (tertiary/aromatic N) is 2. The zero-order chi connectivity index (χ0) is 16.2. The minimum absolute atomic E-state index is 0.0155. The number of carboxylic acids is 1. The zero-order valence-corrected chi connectivity index (χ0v) is 13.0. The highest BCUT2D eigenvalue weighted by Gasteiger charge is 2.25. The molecule has 118 valence electrons. The number of carbonyl (C=O) groups excluding carboxylic acids is 1. The summed E-state index contributed by atoms with van der Waals surface area (Å²) >= 11 is 0. The van der Waals surface area contributed by atoms with Gasteiger partial charge in [-0.1, -0.05) is 13.8 Å². The van der Waals surface area contributed by atoms with E-state index in [0.29, 0.717) is 13.1 Å². The van der Waals surface area contributed by atoms with E-state index >= 15 is 0 Å². The lowest BCUT2D eigenvalue weighted by Crippen LogP contribution is -2.32. The first kappa shape index (κ1) is 17.2. The second-order valence-corrected chi connectivity index (χ2v) is 6.33. The maximum atomic E-state index is 12.3. The van der Waals surface area contributed by atoms with Crippen LogP contribution in [0.5, 0.6) is 0 Å². The van der Waals surface area contributed by atoms with Gasteiger partial charge in [-0.3, -0.25) is 9.59 Å². The average Bonchev–Trinajstić information content (AvgIpc) is 2.88. The van der Waals surface area contributed by atoms with Crippen LogP contribution in [0.25, 0.3) is 0 Å². The standard InChI is InChI=1S/C12H19N3O5S/c1-4-15(5-2)21(19,20)9-6-10(13-7-9)12(18)14(3)8-11(16)17/h6-7,13H,4-5,8H2,1-3H3,(H,16,17). The van der Waals surface area contributed by atoms with Crippen LogP contribution in [0.3, 0.4) is 0 Å². The quantitative estimate of drug-likeness (QED) is 0.746. The predicted molar refractivity (Wildman–Crippen MR) is 75.5 cm³/mol. The van der Waals surface area contributed by atoms with Crippen LogP contribution in [0.15, 0.2) is 17.2 Å². The van der Waals surface area contributed by atoms with Crippen LogP contribution >= 0.6 is 0 Å². The molecule has 1 amide bonds. The van der Waals surface area contributed by atoms with Crippen LogP contribution in [0.2, 0.25) is 0 Å². The third kappa shape index (κ3) is 3.82. The predicted octanol–water partition coefficient (Wildman–Crippen LogP) is 0.202. The summed E-state index contributed by atoms with van der Waals surface area (Å²) in [5, 5.41) is 8.64. The van der Waals surface area contributed by atoms with Gasteiger partial charge in [0.25, 0.3) is 5.91 Å². The van der Waals surface area contributed by atoms with Crippen molar-refractivity contribution in [1.82, 2.24) is 14.2 Å². The van der Waals surface area contributed by atoms with Crippen LogP contribution in [-0.4, -0.2) is 66.3 Å². The number of H-pyrrole nitrogens is 1. The van der Waals surface area contributed by atoms with E-state index in [1.165, 1.54) is 23.6 Å². The molecule has 0 aromatic carbocycles. The summed E-state index contributed by atoms with van der Waals surface area (Å²) in [6.07, 6.45) is 1.23. The third-order valence-corrected chi connectivity index (χ3v) is 4.98.